The highest BCUT2D eigenvalue weighted by molar-refractivity contribution is 8.08. The number of rotatable bonds is 6. The van der Waals surface area contributed by atoms with Crippen LogP contribution in [0.3, 0.4) is 0 Å². The normalized spacial score (nSPS) is 12.2. The molecule has 7 nitrogen and oxygen atoms in total. The van der Waals surface area contributed by atoms with E-state index < -0.39 is 24.9 Å². The molecule has 0 aromatic heterocycles. The Labute approximate surface area is 112 Å². The van der Waals surface area contributed by atoms with Crippen molar-refractivity contribution in [1.82, 2.24) is 0 Å². The number of hydrogen-bond acceptors (Lipinski definition) is 6. The second-order valence-corrected chi connectivity index (χ2v) is 8.19. The van der Waals surface area contributed by atoms with Gasteiger partial charge < -0.3 is 10.5 Å². The number of nitrogens with one attached hydrogen (secondary N) is 1. The van der Waals surface area contributed by atoms with Crippen LogP contribution < -0.4 is 15.2 Å². The fraction of sp³-hybridized carbons (Fsp3) is 0.400. The molecule has 108 valence electrons. The van der Waals surface area contributed by atoms with Crippen LogP contribution in [-0.4, -0.2) is 35.3 Å². The van der Waals surface area contributed by atoms with Gasteiger partial charge in [0.2, 0.25) is 10.0 Å². The minimum Gasteiger partial charge on any atom is -0.495 e. The lowest BCUT2D eigenvalue weighted by Crippen LogP contribution is -2.23. The first kappa shape index (κ1) is 15.7. The highest BCUT2D eigenvalue weighted by atomic mass is 32.3. The van der Waals surface area contributed by atoms with E-state index in [1.165, 1.54) is 7.11 Å². The van der Waals surface area contributed by atoms with Gasteiger partial charge in [-0.05, 0) is 11.6 Å². The van der Waals surface area contributed by atoms with Gasteiger partial charge in [0.05, 0.1) is 12.8 Å². The molecular weight excluding hydrogens is 292 g/mol. The first-order chi connectivity index (χ1) is 8.68. The van der Waals surface area contributed by atoms with Crippen LogP contribution in [0.1, 0.15) is 5.56 Å². The highest BCUT2D eigenvalue weighted by Crippen LogP contribution is 2.29. The number of para-hydroxylation sites is 1. The van der Waals surface area contributed by atoms with Crippen LogP contribution in [-0.2, 0) is 26.4 Å². The van der Waals surface area contributed by atoms with Gasteiger partial charge in [-0.15, -0.1) is 0 Å². The maximum absolute atomic E-state index is 11.8. The van der Waals surface area contributed by atoms with Gasteiger partial charge in [0.1, 0.15) is 5.75 Å². The van der Waals surface area contributed by atoms with E-state index in [1.807, 2.05) is 0 Å². The van der Waals surface area contributed by atoms with Crippen LogP contribution in [0.15, 0.2) is 18.2 Å². The monoisotopic (exact) mass is 308 g/mol. The molecule has 0 heterocycles. The fourth-order valence-electron chi connectivity index (χ4n) is 1.50. The topological polar surface area (TPSA) is 116 Å². The zero-order chi connectivity index (χ0) is 14.7. The van der Waals surface area contributed by atoms with Crippen LogP contribution in [0.5, 0.6) is 5.75 Å². The first-order valence-electron chi connectivity index (χ1n) is 5.22. The van der Waals surface area contributed by atoms with Gasteiger partial charge >= 0.3 is 0 Å². The van der Waals surface area contributed by atoms with Gasteiger partial charge in [-0.1, -0.05) is 12.1 Å². The molecule has 0 radical (unpaired) electrons. The molecule has 9 heteroatoms. The minimum atomic E-state index is -4.03. The summed E-state index contributed by atoms with van der Waals surface area (Å²) in [6.07, 6.45) is 0.846. The average molecular weight is 308 g/mol. The Morgan fingerprint density at radius 3 is 2.37 bits per heavy atom. The summed E-state index contributed by atoms with van der Waals surface area (Å²) in [7, 11) is -6.32. The maximum atomic E-state index is 11.8. The van der Waals surface area contributed by atoms with E-state index in [-0.39, 0.29) is 18.0 Å². The molecule has 1 rings (SSSR count). The zero-order valence-corrected chi connectivity index (χ0v) is 12.2. The van der Waals surface area contributed by atoms with E-state index in [1.54, 1.807) is 18.2 Å². The van der Waals surface area contributed by atoms with Crippen LogP contribution >= 0.6 is 0 Å². The van der Waals surface area contributed by atoms with Gasteiger partial charge in [-0.3, -0.25) is 4.72 Å². The van der Waals surface area contributed by atoms with Crippen molar-refractivity contribution in [2.45, 2.75) is 6.54 Å². The van der Waals surface area contributed by atoms with Crippen LogP contribution in [0.25, 0.3) is 0 Å². The number of methoxy groups -OCH3 is 1. The quantitative estimate of drug-likeness (QED) is 0.758. The molecule has 0 aliphatic rings. The van der Waals surface area contributed by atoms with E-state index >= 15 is 0 Å². The second kappa shape index (κ2) is 5.76. The summed E-state index contributed by atoms with van der Waals surface area (Å²) in [5, 5.41) is -0.998. The molecule has 0 spiro atoms. The number of sulfonamides is 1. The number of sulfone groups is 1. The number of benzene rings is 1. The van der Waals surface area contributed by atoms with Crippen LogP contribution in [0.2, 0.25) is 0 Å². The lowest BCUT2D eigenvalue weighted by atomic mass is 10.1. The van der Waals surface area contributed by atoms with E-state index in [4.69, 9.17) is 10.5 Å². The Bertz CT molecular complexity index is 630. The Morgan fingerprint density at radius 1 is 1.26 bits per heavy atom. The predicted molar refractivity (Wildman–Crippen MR) is 73.1 cm³/mol. The molecule has 0 aliphatic heterocycles. The molecule has 1 aromatic rings. The Balaban J connectivity index is 3.18. The van der Waals surface area contributed by atoms with E-state index in [0.717, 1.165) is 6.26 Å². The third-order valence-corrected chi connectivity index (χ3v) is 5.65. The second-order valence-electron chi connectivity index (χ2n) is 3.96. The molecule has 0 saturated carbocycles. The fourth-order valence-corrected chi connectivity index (χ4v) is 4.53. The Kier molecular flexibility index (Phi) is 4.77. The molecule has 0 bridgehead atoms. The third kappa shape index (κ3) is 4.69. The van der Waals surface area contributed by atoms with Crippen molar-refractivity contribution in [3.05, 3.63) is 23.8 Å². The van der Waals surface area contributed by atoms with Gasteiger partial charge in [0.25, 0.3) is 0 Å². The number of hydrogen-bond donors (Lipinski definition) is 2. The largest absolute Gasteiger partial charge is 0.495 e. The van der Waals surface area contributed by atoms with E-state index in [0.29, 0.717) is 5.56 Å². The summed E-state index contributed by atoms with van der Waals surface area (Å²) in [6.45, 7) is 0.0912. The molecule has 0 fully saturated rings. The van der Waals surface area contributed by atoms with Crippen LogP contribution in [0, 0.1) is 0 Å². The van der Waals surface area contributed by atoms with Gasteiger partial charge in [0, 0.05) is 12.8 Å². The summed E-state index contributed by atoms with van der Waals surface area (Å²) >= 11 is 0. The average Bonchev–Trinajstić information content (AvgIpc) is 2.25. The number of ether oxygens (including phenoxy) is 1. The van der Waals surface area contributed by atoms with Crippen molar-refractivity contribution in [3.8, 4) is 5.75 Å². The molecule has 0 saturated heterocycles. The van der Waals surface area contributed by atoms with Crippen molar-refractivity contribution in [2.24, 2.45) is 5.73 Å². The summed E-state index contributed by atoms with van der Waals surface area (Å²) in [4.78, 5) is 0. The summed E-state index contributed by atoms with van der Waals surface area (Å²) in [5.74, 6) is 0.278. The predicted octanol–water partition coefficient (Wildman–Crippen LogP) is -0.102. The first-order valence-corrected chi connectivity index (χ1v) is 8.94. The maximum Gasteiger partial charge on any atom is 0.247 e. The molecule has 0 amide bonds. The lowest BCUT2D eigenvalue weighted by Gasteiger charge is -2.14. The molecule has 0 aliphatic carbocycles. The van der Waals surface area contributed by atoms with Gasteiger partial charge in [-0.2, -0.15) is 0 Å². The van der Waals surface area contributed by atoms with Crippen molar-refractivity contribution in [2.75, 3.05) is 23.2 Å². The van der Waals surface area contributed by atoms with Gasteiger partial charge in [0.15, 0.2) is 14.9 Å². The summed E-state index contributed by atoms with van der Waals surface area (Å²) in [6, 6.07) is 4.84. The molecule has 0 unspecified atom stereocenters. The Hall–Kier alpha value is -1.32. The molecule has 19 heavy (non-hydrogen) atoms. The van der Waals surface area contributed by atoms with E-state index in [2.05, 4.69) is 4.72 Å². The lowest BCUT2D eigenvalue weighted by molar-refractivity contribution is 0.416. The summed E-state index contributed by atoms with van der Waals surface area (Å²) < 4.78 is 52.9. The minimum absolute atomic E-state index is 0.0912. The van der Waals surface area contributed by atoms with Crippen molar-refractivity contribution >= 4 is 25.5 Å². The highest BCUT2D eigenvalue weighted by Gasteiger charge is 2.21. The van der Waals surface area contributed by atoms with Crippen molar-refractivity contribution in [1.29, 1.82) is 0 Å². The zero-order valence-electron chi connectivity index (χ0n) is 10.6. The molecule has 3 N–H and O–H groups in total. The van der Waals surface area contributed by atoms with Crippen molar-refractivity contribution < 1.29 is 21.6 Å². The molecule has 1 aromatic carbocycles. The van der Waals surface area contributed by atoms with E-state index in [9.17, 15) is 16.8 Å². The molecular formula is C10H16N2O5S2. The van der Waals surface area contributed by atoms with Gasteiger partial charge in [-0.25, -0.2) is 16.8 Å². The SMILES string of the molecule is COc1cccc(CN)c1NS(=O)(=O)CS(C)(=O)=O. The number of nitrogens with two attached hydrogens (primary N) is 1. The smallest absolute Gasteiger partial charge is 0.247 e. The van der Waals surface area contributed by atoms with Crippen LogP contribution in [0.4, 0.5) is 5.69 Å². The Morgan fingerprint density at radius 2 is 1.89 bits per heavy atom. The standard InChI is InChI=1S/C10H16N2O5S2/c1-17-9-5-3-4-8(6-11)10(9)12-19(15,16)7-18(2,13)14/h3-5,12H,6-7,11H2,1-2H3. The number of anilines is 1. The van der Waals surface area contributed by atoms with Crippen molar-refractivity contribution in [3.63, 3.8) is 0 Å². The third-order valence-electron chi connectivity index (χ3n) is 2.18. The summed E-state index contributed by atoms with van der Waals surface area (Å²) in [5.41, 5.74) is 6.19. The molecule has 0 atom stereocenters.